The van der Waals surface area contributed by atoms with Gasteiger partial charge in [0.2, 0.25) is 0 Å². The third-order valence-electron chi connectivity index (χ3n) is 5.40. The molecule has 10 heteroatoms. The molecule has 0 spiro atoms. The molecule has 1 saturated heterocycles. The molecule has 1 aliphatic heterocycles. The zero-order valence-electron chi connectivity index (χ0n) is 20.3. The van der Waals surface area contributed by atoms with Gasteiger partial charge in [-0.2, -0.15) is 0 Å². The van der Waals surface area contributed by atoms with Crippen LogP contribution in [-0.2, 0) is 14.4 Å². The Morgan fingerprint density at radius 2 is 1.86 bits per heavy atom. The van der Waals surface area contributed by atoms with Gasteiger partial charge >= 0.3 is 11.9 Å². The van der Waals surface area contributed by atoms with Crippen LogP contribution < -0.4 is 9.47 Å². The Morgan fingerprint density at radius 3 is 2.49 bits per heavy atom. The van der Waals surface area contributed by atoms with Crippen molar-refractivity contribution in [3.8, 4) is 11.5 Å². The second-order valence-corrected chi connectivity index (χ2v) is 9.95. The molecule has 1 aromatic carbocycles. The second-order valence-electron chi connectivity index (χ2n) is 8.27. The first-order chi connectivity index (χ1) is 16.7. The number of carboxylic acid groups (broad SMARTS) is 2. The number of thiocarbonyl (C=S) groups is 1. The fourth-order valence-corrected chi connectivity index (χ4v) is 5.00. The summed E-state index contributed by atoms with van der Waals surface area (Å²) in [5.41, 5.74) is 0.652. The van der Waals surface area contributed by atoms with Crippen molar-refractivity contribution in [2.24, 2.45) is 0 Å². The lowest BCUT2D eigenvalue weighted by Gasteiger charge is -2.21. The van der Waals surface area contributed by atoms with Crippen molar-refractivity contribution in [1.82, 2.24) is 4.90 Å². The lowest BCUT2D eigenvalue weighted by molar-refractivity contribution is -0.150. The van der Waals surface area contributed by atoms with Crippen LogP contribution in [-0.4, -0.2) is 56.0 Å². The predicted molar refractivity (Wildman–Crippen MR) is 140 cm³/mol. The van der Waals surface area contributed by atoms with Crippen molar-refractivity contribution >= 4 is 52.2 Å². The first-order valence-corrected chi connectivity index (χ1v) is 13.1. The van der Waals surface area contributed by atoms with Crippen molar-refractivity contribution in [3.05, 3.63) is 28.7 Å². The quantitative estimate of drug-likeness (QED) is 0.179. The summed E-state index contributed by atoms with van der Waals surface area (Å²) in [7, 11) is 0. The summed E-state index contributed by atoms with van der Waals surface area (Å²) < 4.78 is 11.9. The van der Waals surface area contributed by atoms with E-state index in [2.05, 4.69) is 6.92 Å². The number of hydrogen-bond donors (Lipinski definition) is 2. The Labute approximate surface area is 215 Å². The van der Waals surface area contributed by atoms with Gasteiger partial charge in [-0.3, -0.25) is 14.5 Å². The first-order valence-electron chi connectivity index (χ1n) is 11.8. The molecule has 0 aliphatic carbocycles. The summed E-state index contributed by atoms with van der Waals surface area (Å²) in [6.07, 6.45) is 7.80. The van der Waals surface area contributed by atoms with Gasteiger partial charge in [0.15, 0.2) is 11.5 Å². The average Bonchev–Trinajstić information content (AvgIpc) is 3.06. The second kappa shape index (κ2) is 14.1. The standard InChI is InChI=1S/C25H33NO7S2/c1-4-6-7-8-9-10-16(3)33-19-12-11-17(13-20(19)32-5-2)14-21-23(29)26(25(34)35-21)18(24(30)31)15-22(27)28/h11-14,16,18H,4-10,15H2,1-3H3,(H,27,28)(H,30,31)/b21-14+/t16-,18+/m1/s1. The molecule has 1 fully saturated rings. The van der Waals surface area contributed by atoms with Crippen LogP contribution in [0.25, 0.3) is 6.08 Å². The Bertz CT molecular complexity index is 963. The molecule has 0 bridgehead atoms. The number of hydrogen-bond acceptors (Lipinski definition) is 7. The Kier molecular flexibility index (Phi) is 11.5. The van der Waals surface area contributed by atoms with Crippen LogP contribution in [0.1, 0.15) is 71.3 Å². The summed E-state index contributed by atoms with van der Waals surface area (Å²) >= 11 is 6.12. The minimum absolute atomic E-state index is 0.00708. The van der Waals surface area contributed by atoms with Gasteiger partial charge in [-0.1, -0.05) is 62.7 Å². The molecule has 1 amide bonds. The Morgan fingerprint density at radius 1 is 1.14 bits per heavy atom. The molecule has 2 N–H and O–H groups in total. The van der Waals surface area contributed by atoms with Crippen LogP contribution in [0, 0.1) is 0 Å². The number of aliphatic carboxylic acids is 2. The zero-order valence-corrected chi connectivity index (χ0v) is 22.0. The van der Waals surface area contributed by atoms with Gasteiger partial charge in [0.25, 0.3) is 5.91 Å². The number of carboxylic acids is 2. The molecule has 0 saturated carbocycles. The van der Waals surface area contributed by atoms with Crippen LogP contribution in [0.15, 0.2) is 23.1 Å². The fraction of sp³-hybridized carbons (Fsp3) is 0.520. The molecule has 0 radical (unpaired) electrons. The summed E-state index contributed by atoms with van der Waals surface area (Å²) in [5.74, 6) is -2.23. The highest BCUT2D eigenvalue weighted by Crippen LogP contribution is 2.36. The monoisotopic (exact) mass is 523 g/mol. The lowest BCUT2D eigenvalue weighted by atomic mass is 10.1. The molecule has 35 heavy (non-hydrogen) atoms. The molecule has 192 valence electrons. The van der Waals surface area contributed by atoms with E-state index in [0.717, 1.165) is 29.5 Å². The van der Waals surface area contributed by atoms with E-state index in [-0.39, 0.29) is 15.3 Å². The van der Waals surface area contributed by atoms with Gasteiger partial charge in [0.1, 0.15) is 10.4 Å². The number of benzene rings is 1. The highest BCUT2D eigenvalue weighted by molar-refractivity contribution is 8.26. The lowest BCUT2D eigenvalue weighted by Crippen LogP contribution is -2.45. The van der Waals surface area contributed by atoms with Crippen molar-refractivity contribution in [3.63, 3.8) is 0 Å². The van der Waals surface area contributed by atoms with Crippen LogP contribution in [0.4, 0.5) is 0 Å². The molecule has 2 rings (SSSR count). The molecule has 1 aromatic rings. The third-order valence-corrected chi connectivity index (χ3v) is 6.73. The molecule has 0 unspecified atom stereocenters. The first kappa shape index (κ1) is 28.6. The molecular weight excluding hydrogens is 490 g/mol. The summed E-state index contributed by atoms with van der Waals surface area (Å²) in [5, 5.41) is 18.4. The maximum Gasteiger partial charge on any atom is 0.327 e. The largest absolute Gasteiger partial charge is 0.490 e. The van der Waals surface area contributed by atoms with E-state index in [1.807, 2.05) is 13.8 Å². The highest BCUT2D eigenvalue weighted by atomic mass is 32.2. The average molecular weight is 524 g/mol. The van der Waals surface area contributed by atoms with Crippen LogP contribution in [0.5, 0.6) is 11.5 Å². The zero-order chi connectivity index (χ0) is 26.0. The third kappa shape index (κ3) is 8.54. The maximum atomic E-state index is 12.9. The number of rotatable bonds is 15. The van der Waals surface area contributed by atoms with Gasteiger partial charge in [-0.25, -0.2) is 4.79 Å². The smallest absolute Gasteiger partial charge is 0.327 e. The number of thioether (sulfide) groups is 1. The van der Waals surface area contributed by atoms with E-state index in [1.54, 1.807) is 24.3 Å². The number of nitrogens with zero attached hydrogens (tertiary/aromatic N) is 1. The number of carbonyl (C=O) groups is 3. The van der Waals surface area contributed by atoms with E-state index in [1.165, 1.54) is 25.7 Å². The Balaban J connectivity index is 2.16. The highest BCUT2D eigenvalue weighted by Gasteiger charge is 2.41. The van der Waals surface area contributed by atoms with Gasteiger partial charge in [-0.15, -0.1) is 0 Å². The number of ether oxygens (including phenoxy) is 2. The van der Waals surface area contributed by atoms with Crippen molar-refractivity contribution in [1.29, 1.82) is 0 Å². The van der Waals surface area contributed by atoms with E-state index in [9.17, 15) is 19.5 Å². The van der Waals surface area contributed by atoms with Gasteiger partial charge < -0.3 is 19.7 Å². The fourth-order valence-electron chi connectivity index (χ4n) is 3.65. The minimum atomic E-state index is -1.57. The molecule has 8 nitrogen and oxygen atoms in total. The molecule has 1 heterocycles. The van der Waals surface area contributed by atoms with E-state index >= 15 is 0 Å². The summed E-state index contributed by atoms with van der Waals surface area (Å²) in [6, 6.07) is 3.76. The Hall–Kier alpha value is -2.59. The van der Waals surface area contributed by atoms with Crippen LogP contribution in [0.3, 0.4) is 0 Å². The topological polar surface area (TPSA) is 113 Å². The normalized spacial score (nSPS) is 16.4. The molecule has 2 atom stereocenters. The van der Waals surface area contributed by atoms with Crippen LogP contribution in [0.2, 0.25) is 0 Å². The molecular formula is C25H33NO7S2. The van der Waals surface area contributed by atoms with Crippen molar-refractivity contribution in [2.45, 2.75) is 77.9 Å². The summed E-state index contributed by atoms with van der Waals surface area (Å²) in [4.78, 5) is 36.6. The predicted octanol–water partition coefficient (Wildman–Crippen LogP) is 5.34. The van der Waals surface area contributed by atoms with Gasteiger partial charge in [0, 0.05) is 0 Å². The molecule has 1 aliphatic rings. The van der Waals surface area contributed by atoms with Gasteiger partial charge in [-0.05, 0) is 50.5 Å². The van der Waals surface area contributed by atoms with E-state index in [0.29, 0.717) is 23.7 Å². The molecule has 0 aromatic heterocycles. The van der Waals surface area contributed by atoms with Crippen molar-refractivity contribution in [2.75, 3.05) is 6.61 Å². The van der Waals surface area contributed by atoms with Crippen LogP contribution >= 0.6 is 24.0 Å². The van der Waals surface area contributed by atoms with Gasteiger partial charge in [0.05, 0.1) is 24.0 Å². The van der Waals surface area contributed by atoms with E-state index in [4.69, 9.17) is 26.8 Å². The summed E-state index contributed by atoms with van der Waals surface area (Å²) in [6.45, 7) is 6.53. The number of amides is 1. The number of carbonyl (C=O) groups excluding carboxylic acids is 1. The maximum absolute atomic E-state index is 12.9. The SMILES string of the molecule is CCCCCCC[C@@H](C)Oc1ccc(/C=C2/SC(=S)N([C@@H](CC(=O)O)C(=O)O)C2=O)cc1OCC. The minimum Gasteiger partial charge on any atom is -0.490 e. The van der Waals surface area contributed by atoms with Crippen molar-refractivity contribution < 1.29 is 34.1 Å². The number of unbranched alkanes of at least 4 members (excludes halogenated alkanes) is 4. The van der Waals surface area contributed by atoms with E-state index < -0.39 is 30.3 Å².